The number of hydrogen-bond acceptors (Lipinski definition) is 4. The molecule has 0 aliphatic rings. The summed E-state index contributed by atoms with van der Waals surface area (Å²) < 4.78 is 43.4. The van der Waals surface area contributed by atoms with Crippen LogP contribution in [0.25, 0.3) is 0 Å². The molecule has 0 bridgehead atoms. The van der Waals surface area contributed by atoms with Crippen LogP contribution in [0, 0.1) is 0 Å². The van der Waals surface area contributed by atoms with E-state index in [4.69, 9.17) is 0 Å². The first-order valence-corrected chi connectivity index (χ1v) is 6.28. The molecule has 0 aliphatic heterocycles. The monoisotopic (exact) mass is 219 g/mol. The Morgan fingerprint density at radius 3 is 2.23 bits per heavy atom. The van der Waals surface area contributed by atoms with Gasteiger partial charge in [-0.2, -0.15) is 0 Å². The highest BCUT2D eigenvalue weighted by atomic mass is 32.2. The molecule has 1 aromatic carbocycles. The molecule has 4 nitrogen and oxygen atoms in total. The van der Waals surface area contributed by atoms with Gasteiger partial charge in [0, 0.05) is 11.2 Å². The maximum Gasteiger partial charge on any atom is 0.176 e. The second-order valence-corrected chi connectivity index (χ2v) is 5.35. The molecule has 1 atom stereocenters. The molecule has 0 aromatic heterocycles. The number of benzene rings is 1. The Labute approximate surface area is 78.8 Å². The summed E-state index contributed by atoms with van der Waals surface area (Å²) in [4.78, 5) is -0.353. The Morgan fingerprint density at radius 2 is 1.85 bits per heavy atom. The van der Waals surface area contributed by atoms with Crippen molar-refractivity contribution in [1.29, 1.82) is 0 Å². The zero-order valence-electron chi connectivity index (χ0n) is 6.76. The second-order valence-electron chi connectivity index (χ2n) is 2.45. The van der Waals surface area contributed by atoms with Crippen LogP contribution in [0.15, 0.2) is 34.1 Å². The summed E-state index contributed by atoms with van der Waals surface area (Å²) in [5.41, 5.74) is 0. The highest BCUT2D eigenvalue weighted by molar-refractivity contribution is 7.91. The van der Waals surface area contributed by atoms with Gasteiger partial charge in [-0.15, -0.1) is 0 Å². The third-order valence-corrected chi connectivity index (χ3v) is 3.43. The fourth-order valence-electron chi connectivity index (χ4n) is 0.894. The Hall–Kier alpha value is -0.720. The minimum absolute atomic E-state index is 0.164. The van der Waals surface area contributed by atoms with Crippen molar-refractivity contribution in [2.45, 2.75) is 9.79 Å². The van der Waals surface area contributed by atoms with Gasteiger partial charge in [0.1, 0.15) is 0 Å². The van der Waals surface area contributed by atoms with Gasteiger partial charge in [0.15, 0.2) is 9.84 Å². The van der Waals surface area contributed by atoms with E-state index in [0.717, 1.165) is 6.26 Å². The normalized spacial score (nSPS) is 14.0. The van der Waals surface area contributed by atoms with Crippen molar-refractivity contribution in [3.05, 3.63) is 24.3 Å². The molecule has 0 radical (unpaired) electrons. The van der Waals surface area contributed by atoms with Crippen LogP contribution in [0.2, 0.25) is 0 Å². The average molecular weight is 219 g/mol. The quantitative estimate of drug-likeness (QED) is 0.672. The first-order chi connectivity index (χ1) is 5.93. The van der Waals surface area contributed by atoms with Crippen LogP contribution in [0.1, 0.15) is 0 Å². The summed E-state index contributed by atoms with van der Waals surface area (Å²) >= 11 is -2.52. The van der Waals surface area contributed by atoms with Gasteiger partial charge < -0.3 is 4.55 Å². The second kappa shape index (κ2) is 3.57. The molecule has 1 unspecified atom stereocenters. The van der Waals surface area contributed by atoms with E-state index in [9.17, 15) is 17.2 Å². The zero-order valence-corrected chi connectivity index (χ0v) is 8.39. The molecule has 72 valence electrons. The van der Waals surface area contributed by atoms with E-state index in [-0.39, 0.29) is 9.79 Å². The molecule has 0 heterocycles. The van der Waals surface area contributed by atoms with Crippen molar-refractivity contribution in [1.82, 2.24) is 0 Å². The van der Waals surface area contributed by atoms with Gasteiger partial charge in [0.2, 0.25) is 0 Å². The molecule has 0 spiro atoms. The number of hydrogen-bond donors (Lipinski definition) is 0. The maximum absolute atomic E-state index is 11.1. The van der Waals surface area contributed by atoms with Gasteiger partial charge >= 0.3 is 0 Å². The number of sulfone groups is 1. The minimum Gasteiger partial charge on any atom is -0.768 e. The molecule has 1 aromatic rings. The predicted molar refractivity (Wildman–Crippen MR) is 46.7 cm³/mol. The van der Waals surface area contributed by atoms with Crippen LogP contribution < -0.4 is 0 Å². The summed E-state index contributed by atoms with van der Waals surface area (Å²) in [6, 6.07) is 5.46. The summed E-state index contributed by atoms with van der Waals surface area (Å²) in [6.07, 6.45) is 0.971. The summed E-state index contributed by atoms with van der Waals surface area (Å²) in [5, 5.41) is 0. The van der Waals surface area contributed by atoms with Crippen molar-refractivity contribution < 1.29 is 17.2 Å². The molecule has 0 aliphatic carbocycles. The molecular formula is C7H7O4S2-. The lowest BCUT2D eigenvalue weighted by atomic mass is 10.4. The van der Waals surface area contributed by atoms with Crippen LogP contribution in [0.3, 0.4) is 0 Å². The van der Waals surface area contributed by atoms with Crippen molar-refractivity contribution in [2.75, 3.05) is 6.26 Å². The van der Waals surface area contributed by atoms with E-state index in [1.165, 1.54) is 24.3 Å². The first kappa shape index (κ1) is 10.4. The average Bonchev–Trinajstić information content (AvgIpc) is 2.03. The van der Waals surface area contributed by atoms with Gasteiger partial charge in [-0.25, -0.2) is 8.42 Å². The highest BCUT2D eigenvalue weighted by Crippen LogP contribution is 2.17. The lowest BCUT2D eigenvalue weighted by molar-refractivity contribution is 0.533. The molecular weight excluding hydrogens is 212 g/mol. The standard InChI is InChI=1S/C7H8O4S2/c1-13(10,11)7-5-3-2-4-6(7)12(8)9/h2-5H,1H3,(H,8,9)/p-1. The van der Waals surface area contributed by atoms with E-state index < -0.39 is 20.9 Å². The van der Waals surface area contributed by atoms with E-state index in [2.05, 4.69) is 0 Å². The van der Waals surface area contributed by atoms with Gasteiger partial charge in [0.25, 0.3) is 0 Å². The molecule has 1 rings (SSSR count). The van der Waals surface area contributed by atoms with Gasteiger partial charge in [-0.3, -0.25) is 4.21 Å². The summed E-state index contributed by atoms with van der Waals surface area (Å²) in [7, 11) is -3.47. The van der Waals surface area contributed by atoms with Gasteiger partial charge in [-0.05, 0) is 23.2 Å². The number of rotatable bonds is 2. The van der Waals surface area contributed by atoms with Gasteiger partial charge in [0.05, 0.1) is 4.90 Å². The first-order valence-electron chi connectivity index (χ1n) is 3.31. The molecule has 6 heteroatoms. The van der Waals surface area contributed by atoms with E-state index in [1.54, 1.807) is 0 Å². The van der Waals surface area contributed by atoms with Gasteiger partial charge in [-0.1, -0.05) is 12.1 Å². The fourth-order valence-corrected chi connectivity index (χ4v) is 2.73. The summed E-state index contributed by atoms with van der Waals surface area (Å²) in [6.45, 7) is 0. The largest absolute Gasteiger partial charge is 0.768 e. The molecule has 13 heavy (non-hydrogen) atoms. The predicted octanol–water partition coefficient (Wildman–Crippen LogP) is 0.328. The van der Waals surface area contributed by atoms with Crippen LogP contribution >= 0.6 is 0 Å². The minimum atomic E-state index is -3.47. The lowest BCUT2D eigenvalue weighted by Gasteiger charge is -2.09. The lowest BCUT2D eigenvalue weighted by Crippen LogP contribution is -2.03. The van der Waals surface area contributed by atoms with Crippen LogP contribution in [-0.4, -0.2) is 23.4 Å². The van der Waals surface area contributed by atoms with Crippen molar-refractivity contribution in [2.24, 2.45) is 0 Å². The molecule has 0 N–H and O–H groups in total. The Bertz CT molecular complexity index is 436. The third kappa shape index (κ3) is 2.36. The smallest absolute Gasteiger partial charge is 0.176 e. The van der Waals surface area contributed by atoms with Crippen LogP contribution in [-0.2, 0) is 20.9 Å². The van der Waals surface area contributed by atoms with E-state index in [1.807, 2.05) is 0 Å². The topological polar surface area (TPSA) is 74.3 Å². The molecule has 0 fully saturated rings. The summed E-state index contributed by atoms with van der Waals surface area (Å²) in [5.74, 6) is 0. The zero-order chi connectivity index (χ0) is 10.1. The SMILES string of the molecule is CS(=O)(=O)c1ccccc1S(=O)[O-]. The third-order valence-electron chi connectivity index (χ3n) is 1.43. The highest BCUT2D eigenvalue weighted by Gasteiger charge is 2.12. The van der Waals surface area contributed by atoms with Crippen molar-refractivity contribution >= 4 is 20.9 Å². The Morgan fingerprint density at radius 1 is 1.31 bits per heavy atom. The molecule has 0 saturated heterocycles. The molecule has 0 saturated carbocycles. The maximum atomic E-state index is 11.1. The Balaban J connectivity index is 3.46. The molecule has 0 amide bonds. The fraction of sp³-hybridized carbons (Fsp3) is 0.143. The van der Waals surface area contributed by atoms with E-state index in [0.29, 0.717) is 0 Å². The van der Waals surface area contributed by atoms with E-state index >= 15 is 0 Å². The van der Waals surface area contributed by atoms with Crippen LogP contribution in [0.4, 0.5) is 0 Å². The van der Waals surface area contributed by atoms with Crippen molar-refractivity contribution in [3.8, 4) is 0 Å². The van der Waals surface area contributed by atoms with Crippen LogP contribution in [0.5, 0.6) is 0 Å². The Kier molecular flexibility index (Phi) is 2.84. The van der Waals surface area contributed by atoms with Crippen molar-refractivity contribution in [3.63, 3.8) is 0 Å².